The molecule has 4 bridgehead atoms. The number of hydrogen-bond acceptors (Lipinski definition) is 5. The molecule has 2 unspecified atom stereocenters. The minimum atomic E-state index is -0.222. The maximum atomic E-state index is 13.9. The summed E-state index contributed by atoms with van der Waals surface area (Å²) in [5, 5.41) is 13.2. The number of rotatable bonds is 3. The van der Waals surface area contributed by atoms with E-state index in [2.05, 4.69) is 55.5 Å². The summed E-state index contributed by atoms with van der Waals surface area (Å²) in [6.45, 7) is 5.36. The molecule has 2 atom stereocenters. The second kappa shape index (κ2) is 6.53. The number of anilines is 1. The number of nitrogens with zero attached hydrogens (tertiary/aromatic N) is 6. The van der Waals surface area contributed by atoms with Crippen molar-refractivity contribution in [3.8, 4) is 0 Å². The van der Waals surface area contributed by atoms with Gasteiger partial charge in [-0.1, -0.05) is 18.2 Å². The fourth-order valence-electron chi connectivity index (χ4n) is 7.33. The van der Waals surface area contributed by atoms with Gasteiger partial charge in [0.25, 0.3) is 0 Å². The molecule has 30 heavy (non-hydrogen) atoms. The van der Waals surface area contributed by atoms with E-state index in [4.69, 9.17) is 0 Å². The molecule has 2 aromatic rings. The predicted octanol–water partition coefficient (Wildman–Crippen LogP) is 2.63. The fraction of sp³-hybridized carbons (Fsp3) is 0.652. The van der Waals surface area contributed by atoms with Crippen molar-refractivity contribution in [2.75, 3.05) is 31.1 Å². The summed E-state index contributed by atoms with van der Waals surface area (Å²) in [6.07, 6.45) is 6.48. The van der Waals surface area contributed by atoms with E-state index < -0.39 is 0 Å². The zero-order valence-electron chi connectivity index (χ0n) is 17.7. The van der Waals surface area contributed by atoms with Crippen LogP contribution >= 0.6 is 0 Å². The topological polar surface area (TPSA) is 67.2 Å². The van der Waals surface area contributed by atoms with Gasteiger partial charge in [-0.05, 0) is 74.6 Å². The van der Waals surface area contributed by atoms with E-state index in [0.29, 0.717) is 17.7 Å². The van der Waals surface area contributed by atoms with Crippen LogP contribution in [0.5, 0.6) is 0 Å². The van der Waals surface area contributed by atoms with Crippen molar-refractivity contribution < 1.29 is 4.79 Å². The lowest BCUT2D eigenvalue weighted by molar-refractivity contribution is -0.168. The first kappa shape index (κ1) is 18.3. The molecule has 0 spiro atoms. The third-order valence-electron chi connectivity index (χ3n) is 8.11. The number of carbonyl (C=O) groups is 1. The number of benzene rings is 1. The molecule has 2 heterocycles. The zero-order chi connectivity index (χ0) is 20.3. The van der Waals surface area contributed by atoms with E-state index in [-0.39, 0.29) is 11.0 Å². The highest BCUT2D eigenvalue weighted by Gasteiger charge is 2.63. The van der Waals surface area contributed by atoms with Crippen molar-refractivity contribution in [1.82, 2.24) is 25.1 Å². The standard InChI is InChI=1S/C23H30N6O/c1-17-24-26-29(25-17)23-14-18-11-19(15-23)13-22(12-18,16-23)21(30)28-9-7-27(8-10-28)20-5-3-2-4-6-20/h2-6,18-19H,7-16H2,1H3. The van der Waals surface area contributed by atoms with E-state index in [1.807, 2.05) is 11.7 Å². The van der Waals surface area contributed by atoms with Gasteiger partial charge >= 0.3 is 0 Å². The Bertz CT molecular complexity index is 934. The van der Waals surface area contributed by atoms with E-state index in [1.54, 1.807) is 0 Å². The predicted molar refractivity (Wildman–Crippen MR) is 113 cm³/mol. The number of carbonyl (C=O) groups excluding carboxylic acids is 1. The first-order chi connectivity index (χ1) is 14.6. The van der Waals surface area contributed by atoms with Gasteiger partial charge < -0.3 is 9.80 Å². The molecular weight excluding hydrogens is 376 g/mol. The summed E-state index contributed by atoms with van der Waals surface area (Å²) < 4.78 is 0. The summed E-state index contributed by atoms with van der Waals surface area (Å²) >= 11 is 0. The summed E-state index contributed by atoms with van der Waals surface area (Å²) in [7, 11) is 0. The Balaban J connectivity index is 1.23. The van der Waals surface area contributed by atoms with E-state index in [9.17, 15) is 4.79 Å². The van der Waals surface area contributed by atoms with E-state index in [0.717, 1.165) is 64.1 Å². The Morgan fingerprint density at radius 1 is 1.00 bits per heavy atom. The molecule has 5 fully saturated rings. The number of para-hydroxylation sites is 1. The SMILES string of the molecule is Cc1nnn(C23CC4CC(CC(C(=O)N5CCN(c6ccccc6)CC5)(C4)C2)C3)n1. The highest BCUT2D eigenvalue weighted by molar-refractivity contribution is 5.84. The van der Waals surface area contributed by atoms with Gasteiger partial charge in [0.1, 0.15) is 0 Å². The molecule has 1 aromatic carbocycles. The normalized spacial score (nSPS) is 35.1. The van der Waals surface area contributed by atoms with E-state index in [1.165, 1.54) is 12.1 Å². The number of tetrazole rings is 1. The third kappa shape index (κ3) is 2.77. The molecule has 4 aliphatic carbocycles. The Hall–Kier alpha value is -2.44. The lowest BCUT2D eigenvalue weighted by Crippen LogP contribution is -2.63. The number of amides is 1. The quantitative estimate of drug-likeness (QED) is 0.784. The maximum Gasteiger partial charge on any atom is 0.229 e. The minimum Gasteiger partial charge on any atom is -0.368 e. The van der Waals surface area contributed by atoms with Gasteiger partial charge in [0, 0.05) is 31.9 Å². The van der Waals surface area contributed by atoms with Crippen LogP contribution in [-0.4, -0.2) is 57.2 Å². The van der Waals surface area contributed by atoms with Crippen molar-refractivity contribution in [1.29, 1.82) is 0 Å². The second-order valence-corrected chi connectivity index (χ2v) is 10.2. The van der Waals surface area contributed by atoms with Gasteiger partial charge in [-0.3, -0.25) is 4.79 Å². The van der Waals surface area contributed by atoms with Gasteiger partial charge in [-0.2, -0.15) is 4.80 Å². The largest absolute Gasteiger partial charge is 0.368 e. The molecule has 7 rings (SSSR count). The summed E-state index contributed by atoms with van der Waals surface area (Å²) in [4.78, 5) is 20.3. The molecule has 1 saturated heterocycles. The third-order valence-corrected chi connectivity index (χ3v) is 8.11. The van der Waals surface area contributed by atoms with Gasteiger partial charge in [0.2, 0.25) is 5.91 Å². The van der Waals surface area contributed by atoms with Gasteiger partial charge in [0.05, 0.1) is 11.0 Å². The van der Waals surface area contributed by atoms with Crippen LogP contribution in [0.1, 0.15) is 44.3 Å². The van der Waals surface area contributed by atoms with Crippen LogP contribution in [0.2, 0.25) is 0 Å². The van der Waals surface area contributed by atoms with Crippen LogP contribution in [-0.2, 0) is 10.3 Å². The first-order valence-corrected chi connectivity index (χ1v) is 11.4. The number of aromatic nitrogens is 4. The van der Waals surface area contributed by atoms with Gasteiger partial charge in [-0.15, -0.1) is 10.2 Å². The average Bonchev–Trinajstić information content (AvgIpc) is 3.20. The Morgan fingerprint density at radius 3 is 2.33 bits per heavy atom. The van der Waals surface area contributed by atoms with Crippen molar-refractivity contribution in [2.45, 2.75) is 51.0 Å². The van der Waals surface area contributed by atoms with Crippen molar-refractivity contribution in [3.63, 3.8) is 0 Å². The zero-order valence-corrected chi connectivity index (χ0v) is 17.7. The summed E-state index contributed by atoms with van der Waals surface area (Å²) in [5.74, 6) is 2.35. The Morgan fingerprint density at radius 2 is 1.70 bits per heavy atom. The average molecular weight is 407 g/mol. The fourth-order valence-corrected chi connectivity index (χ4v) is 7.33. The molecule has 1 aromatic heterocycles. The highest BCUT2D eigenvalue weighted by atomic mass is 16.2. The minimum absolute atomic E-state index is 0.104. The molecule has 4 saturated carbocycles. The Labute approximate surface area is 177 Å². The lowest BCUT2D eigenvalue weighted by Gasteiger charge is -2.61. The van der Waals surface area contributed by atoms with Crippen LogP contribution in [0.4, 0.5) is 5.69 Å². The molecule has 7 heteroatoms. The number of piperazine rings is 1. The Kier molecular flexibility index (Phi) is 3.99. The molecule has 0 radical (unpaired) electrons. The van der Waals surface area contributed by atoms with Crippen LogP contribution in [0.3, 0.4) is 0 Å². The first-order valence-electron chi connectivity index (χ1n) is 11.4. The summed E-state index contributed by atoms with van der Waals surface area (Å²) in [6, 6.07) is 10.5. The van der Waals surface area contributed by atoms with Crippen LogP contribution < -0.4 is 4.90 Å². The molecule has 1 aliphatic heterocycles. The summed E-state index contributed by atoms with van der Waals surface area (Å²) in [5.41, 5.74) is 0.930. The molecule has 158 valence electrons. The second-order valence-electron chi connectivity index (χ2n) is 10.2. The maximum absolute atomic E-state index is 13.9. The van der Waals surface area contributed by atoms with Crippen LogP contribution in [0.15, 0.2) is 30.3 Å². The van der Waals surface area contributed by atoms with Gasteiger partial charge in [-0.25, -0.2) is 0 Å². The monoisotopic (exact) mass is 406 g/mol. The lowest BCUT2D eigenvalue weighted by atomic mass is 9.46. The van der Waals surface area contributed by atoms with Crippen molar-refractivity contribution >= 4 is 11.6 Å². The van der Waals surface area contributed by atoms with Crippen molar-refractivity contribution in [2.24, 2.45) is 17.3 Å². The van der Waals surface area contributed by atoms with Crippen LogP contribution in [0.25, 0.3) is 0 Å². The molecule has 5 aliphatic rings. The highest BCUT2D eigenvalue weighted by Crippen LogP contribution is 2.64. The molecule has 0 N–H and O–H groups in total. The molecular formula is C23H30N6O. The number of hydrogen-bond donors (Lipinski definition) is 0. The van der Waals surface area contributed by atoms with Gasteiger partial charge in [0.15, 0.2) is 5.82 Å². The molecule has 7 nitrogen and oxygen atoms in total. The van der Waals surface area contributed by atoms with Crippen LogP contribution in [0, 0.1) is 24.2 Å². The number of aryl methyl sites for hydroxylation is 1. The van der Waals surface area contributed by atoms with E-state index >= 15 is 0 Å². The smallest absolute Gasteiger partial charge is 0.229 e. The van der Waals surface area contributed by atoms with Crippen molar-refractivity contribution in [3.05, 3.63) is 36.2 Å². The molecule has 1 amide bonds.